The Bertz CT molecular complexity index is 1090. The number of para-hydroxylation sites is 1. The normalized spacial score (nSPS) is 18.2. The van der Waals surface area contributed by atoms with E-state index in [0.29, 0.717) is 37.1 Å². The zero-order valence-corrected chi connectivity index (χ0v) is 20.6. The second kappa shape index (κ2) is 10.8. The van der Waals surface area contributed by atoms with Crippen LogP contribution in [0.25, 0.3) is 0 Å². The van der Waals surface area contributed by atoms with Crippen LogP contribution in [0.2, 0.25) is 0 Å². The van der Waals surface area contributed by atoms with Crippen molar-refractivity contribution in [3.05, 3.63) is 59.2 Å². The van der Waals surface area contributed by atoms with Crippen molar-refractivity contribution in [2.24, 2.45) is 5.73 Å². The Morgan fingerprint density at radius 3 is 2.34 bits per heavy atom. The van der Waals surface area contributed by atoms with Gasteiger partial charge in [-0.1, -0.05) is 18.2 Å². The smallest absolute Gasteiger partial charge is 0.251 e. The van der Waals surface area contributed by atoms with Gasteiger partial charge in [0, 0.05) is 68.7 Å². The van der Waals surface area contributed by atoms with Crippen LogP contribution < -0.4 is 20.9 Å². The molecule has 186 valence electrons. The molecule has 0 spiro atoms. The van der Waals surface area contributed by atoms with Crippen molar-refractivity contribution in [1.82, 2.24) is 10.2 Å². The molecule has 2 aromatic rings. The van der Waals surface area contributed by atoms with Crippen LogP contribution in [0, 0.1) is 6.92 Å². The first-order chi connectivity index (χ1) is 16.8. The van der Waals surface area contributed by atoms with Crippen LogP contribution in [0.5, 0.6) is 0 Å². The molecular weight excluding hydrogens is 442 g/mol. The Labute approximate surface area is 207 Å². The molecule has 0 aliphatic carbocycles. The van der Waals surface area contributed by atoms with E-state index in [9.17, 15) is 14.4 Å². The molecule has 0 bridgehead atoms. The summed E-state index contributed by atoms with van der Waals surface area (Å²) in [5.41, 5.74) is 9.71. The van der Waals surface area contributed by atoms with E-state index in [1.165, 1.54) is 11.3 Å². The first kappa shape index (κ1) is 24.6. The summed E-state index contributed by atoms with van der Waals surface area (Å²) >= 11 is 0. The third kappa shape index (κ3) is 5.58. The first-order valence-electron chi connectivity index (χ1n) is 12.4. The number of hydrogen-bond donors (Lipinski definition) is 2. The molecule has 8 heteroatoms. The zero-order valence-electron chi connectivity index (χ0n) is 20.6. The number of nitrogens with two attached hydrogens (primary N) is 1. The number of benzene rings is 2. The minimum Gasteiger partial charge on any atom is -0.368 e. The van der Waals surface area contributed by atoms with Gasteiger partial charge >= 0.3 is 0 Å². The van der Waals surface area contributed by atoms with Crippen molar-refractivity contribution in [3.63, 3.8) is 0 Å². The van der Waals surface area contributed by atoms with Crippen molar-refractivity contribution >= 4 is 29.1 Å². The summed E-state index contributed by atoms with van der Waals surface area (Å²) in [6, 6.07) is 13.8. The van der Waals surface area contributed by atoms with E-state index in [1.54, 1.807) is 12.1 Å². The van der Waals surface area contributed by atoms with Crippen molar-refractivity contribution in [1.29, 1.82) is 0 Å². The summed E-state index contributed by atoms with van der Waals surface area (Å²) in [7, 11) is 0. The lowest BCUT2D eigenvalue weighted by Gasteiger charge is -2.38. The zero-order chi connectivity index (χ0) is 24.9. The molecule has 2 aromatic carbocycles. The highest BCUT2D eigenvalue weighted by Crippen LogP contribution is 2.26. The first-order valence-corrected chi connectivity index (χ1v) is 12.4. The summed E-state index contributed by atoms with van der Waals surface area (Å²) in [4.78, 5) is 43.2. The van der Waals surface area contributed by atoms with Crippen LogP contribution in [0.15, 0.2) is 42.5 Å². The van der Waals surface area contributed by atoms with Crippen molar-refractivity contribution < 1.29 is 14.4 Å². The molecule has 1 atom stereocenters. The number of piperazine rings is 1. The fourth-order valence-corrected chi connectivity index (χ4v) is 5.03. The average Bonchev–Trinajstić information content (AvgIpc) is 3.18. The molecule has 1 unspecified atom stereocenters. The number of nitrogens with zero attached hydrogens (tertiary/aromatic N) is 3. The average molecular weight is 478 g/mol. The van der Waals surface area contributed by atoms with E-state index in [1.807, 2.05) is 17.0 Å². The second-order valence-corrected chi connectivity index (χ2v) is 9.44. The minimum atomic E-state index is -0.544. The number of likely N-dealkylation sites (tertiary alicyclic amines) is 1. The van der Waals surface area contributed by atoms with E-state index in [0.717, 1.165) is 38.3 Å². The van der Waals surface area contributed by atoms with Crippen LogP contribution in [-0.2, 0) is 4.79 Å². The van der Waals surface area contributed by atoms with E-state index in [-0.39, 0.29) is 17.9 Å². The van der Waals surface area contributed by atoms with Crippen LogP contribution in [0.3, 0.4) is 0 Å². The van der Waals surface area contributed by atoms with E-state index >= 15 is 0 Å². The third-order valence-electron chi connectivity index (χ3n) is 7.09. The maximum absolute atomic E-state index is 12.7. The maximum Gasteiger partial charge on any atom is 0.251 e. The Morgan fingerprint density at radius 2 is 1.71 bits per heavy atom. The lowest BCUT2D eigenvalue weighted by atomic mass is 10.0. The molecule has 3 amide bonds. The molecule has 2 aliphatic heterocycles. The quantitative estimate of drug-likeness (QED) is 0.570. The number of hydrogen-bond acceptors (Lipinski definition) is 5. The van der Waals surface area contributed by atoms with Crippen LogP contribution in [-0.4, -0.2) is 67.9 Å². The topological polar surface area (TPSA) is 99.0 Å². The number of primary amides is 1. The summed E-state index contributed by atoms with van der Waals surface area (Å²) in [5, 5.41) is 2.90. The van der Waals surface area contributed by atoms with Gasteiger partial charge in [0.25, 0.3) is 11.8 Å². The van der Waals surface area contributed by atoms with E-state index < -0.39 is 5.91 Å². The van der Waals surface area contributed by atoms with Gasteiger partial charge in [0.15, 0.2) is 0 Å². The minimum absolute atomic E-state index is 0.185. The highest BCUT2D eigenvalue weighted by molar-refractivity contribution is 6.03. The highest BCUT2D eigenvalue weighted by atomic mass is 16.2. The predicted octanol–water partition coefficient (Wildman–Crippen LogP) is 2.55. The fourth-order valence-electron chi connectivity index (χ4n) is 5.03. The molecule has 8 nitrogen and oxygen atoms in total. The Hall–Kier alpha value is -3.55. The number of carbonyl (C=O) groups is 3. The molecular formula is C27H35N5O3. The molecule has 2 aliphatic rings. The predicted molar refractivity (Wildman–Crippen MR) is 138 cm³/mol. The van der Waals surface area contributed by atoms with Gasteiger partial charge in [-0.05, 0) is 56.5 Å². The number of carbonyl (C=O) groups excluding carboxylic acids is 3. The van der Waals surface area contributed by atoms with Crippen molar-refractivity contribution in [2.45, 2.75) is 39.2 Å². The fraction of sp³-hybridized carbons (Fsp3) is 0.444. The van der Waals surface area contributed by atoms with Gasteiger partial charge in [0.05, 0.1) is 5.56 Å². The molecule has 4 rings (SSSR count). The molecule has 0 saturated carbocycles. The van der Waals surface area contributed by atoms with Crippen molar-refractivity contribution in [3.8, 4) is 0 Å². The maximum atomic E-state index is 12.7. The van der Waals surface area contributed by atoms with Crippen LogP contribution in [0.4, 0.5) is 11.4 Å². The van der Waals surface area contributed by atoms with Crippen LogP contribution in [0.1, 0.15) is 52.5 Å². The van der Waals surface area contributed by atoms with Gasteiger partial charge in [-0.15, -0.1) is 0 Å². The second-order valence-electron chi connectivity index (χ2n) is 9.44. The summed E-state index contributed by atoms with van der Waals surface area (Å²) in [6.07, 6.45) is 2.19. The Morgan fingerprint density at radius 1 is 1.03 bits per heavy atom. The summed E-state index contributed by atoms with van der Waals surface area (Å²) in [6.45, 7) is 8.46. The standard InChI is InChI=1S/C27H35N5O3/c1-19-6-3-4-7-23(19)30-14-16-31(17-15-30)24-10-9-21(18-22(24)26(28)34)27(35)29-12-5-13-32-20(2)8-11-25(32)33/h3-4,6-7,9-10,18,20H,5,8,11-17H2,1-2H3,(H2,28,34)(H,29,35). The molecule has 3 N–H and O–H groups in total. The summed E-state index contributed by atoms with van der Waals surface area (Å²) < 4.78 is 0. The van der Waals surface area contributed by atoms with Gasteiger partial charge in [0.2, 0.25) is 5.91 Å². The molecule has 2 fully saturated rings. The highest BCUT2D eigenvalue weighted by Gasteiger charge is 2.27. The molecule has 0 radical (unpaired) electrons. The van der Waals surface area contributed by atoms with E-state index in [4.69, 9.17) is 5.73 Å². The molecule has 35 heavy (non-hydrogen) atoms. The van der Waals surface area contributed by atoms with Gasteiger partial charge in [0.1, 0.15) is 0 Å². The number of anilines is 2. The van der Waals surface area contributed by atoms with E-state index in [2.05, 4.69) is 47.2 Å². The molecule has 0 aromatic heterocycles. The number of rotatable bonds is 8. The Kier molecular flexibility index (Phi) is 7.58. The Balaban J connectivity index is 1.35. The van der Waals surface area contributed by atoms with Gasteiger partial charge in [-0.25, -0.2) is 0 Å². The van der Waals surface area contributed by atoms with Crippen LogP contribution >= 0.6 is 0 Å². The number of amides is 3. The SMILES string of the molecule is Cc1ccccc1N1CCN(c2ccc(C(=O)NCCCN3C(=O)CCC3C)cc2C(N)=O)CC1. The molecule has 2 saturated heterocycles. The third-order valence-corrected chi connectivity index (χ3v) is 7.09. The van der Waals surface area contributed by atoms with Gasteiger partial charge in [-0.2, -0.15) is 0 Å². The van der Waals surface area contributed by atoms with Crippen molar-refractivity contribution in [2.75, 3.05) is 49.1 Å². The number of aryl methyl sites for hydroxylation is 1. The molecule has 2 heterocycles. The number of nitrogens with one attached hydrogen (secondary N) is 1. The van der Waals surface area contributed by atoms with Gasteiger partial charge < -0.3 is 25.8 Å². The lowest BCUT2D eigenvalue weighted by Crippen LogP contribution is -2.47. The summed E-state index contributed by atoms with van der Waals surface area (Å²) in [5.74, 6) is -0.605. The largest absolute Gasteiger partial charge is 0.368 e. The van der Waals surface area contributed by atoms with Gasteiger partial charge in [-0.3, -0.25) is 14.4 Å². The monoisotopic (exact) mass is 477 g/mol. The lowest BCUT2D eigenvalue weighted by molar-refractivity contribution is -0.128.